The molecule has 1 aliphatic rings. The molecule has 0 atom stereocenters. The normalized spacial score (nSPS) is 15.5. The van der Waals surface area contributed by atoms with Crippen molar-refractivity contribution < 1.29 is 18.9 Å². The number of methoxy groups -OCH3 is 3. The van der Waals surface area contributed by atoms with E-state index in [2.05, 4.69) is 22.4 Å². The third kappa shape index (κ3) is 6.39. The van der Waals surface area contributed by atoms with Crippen LogP contribution < -0.4 is 25.3 Å². The van der Waals surface area contributed by atoms with E-state index in [0.29, 0.717) is 30.5 Å². The molecular weight excluding hydrogens is 509 g/mol. The maximum atomic E-state index is 6.18. The van der Waals surface area contributed by atoms with Crippen molar-refractivity contribution in [3.05, 3.63) is 53.6 Å². The summed E-state index contributed by atoms with van der Waals surface area (Å²) in [7, 11) is 4.91. The highest BCUT2D eigenvalue weighted by molar-refractivity contribution is 14.0. The molecule has 1 aliphatic heterocycles. The summed E-state index contributed by atoms with van der Waals surface area (Å²) >= 11 is 0. The molecule has 0 unspecified atom stereocenters. The number of aliphatic imine (C=N–C) groups is 1. The second-order valence-corrected chi connectivity index (χ2v) is 7.37. The average molecular weight is 541 g/mol. The van der Waals surface area contributed by atoms with Crippen LogP contribution in [0, 0.1) is 0 Å². The predicted octanol–water partition coefficient (Wildman–Crippen LogP) is 3.48. The van der Waals surface area contributed by atoms with Gasteiger partial charge >= 0.3 is 0 Å². The van der Waals surface area contributed by atoms with Crippen molar-refractivity contribution >= 4 is 29.9 Å². The number of nitrogens with one attached hydrogen (secondary N) is 1. The maximum Gasteiger partial charge on any atom is 0.188 e. The summed E-state index contributed by atoms with van der Waals surface area (Å²) < 4.78 is 21.5. The van der Waals surface area contributed by atoms with Crippen molar-refractivity contribution in [2.45, 2.75) is 24.8 Å². The molecule has 3 N–H and O–H groups in total. The lowest BCUT2D eigenvalue weighted by molar-refractivity contribution is 0.0514. The van der Waals surface area contributed by atoms with Crippen molar-refractivity contribution in [3.8, 4) is 17.2 Å². The molecule has 0 spiro atoms. The Morgan fingerprint density at radius 2 is 1.68 bits per heavy atom. The Hall–Kier alpha value is -2.20. The van der Waals surface area contributed by atoms with Gasteiger partial charge in [0.05, 0.1) is 27.9 Å². The predicted molar refractivity (Wildman–Crippen MR) is 133 cm³/mol. The number of benzene rings is 2. The summed E-state index contributed by atoms with van der Waals surface area (Å²) in [5, 5.41) is 3.33. The highest BCUT2D eigenvalue weighted by atomic mass is 127. The molecule has 0 amide bonds. The minimum absolute atomic E-state index is 0. The number of ether oxygens (including phenoxy) is 4. The van der Waals surface area contributed by atoms with Crippen LogP contribution in [0.3, 0.4) is 0 Å². The van der Waals surface area contributed by atoms with Crippen LogP contribution in [0.25, 0.3) is 0 Å². The van der Waals surface area contributed by atoms with Gasteiger partial charge in [0.1, 0.15) is 5.75 Å². The van der Waals surface area contributed by atoms with E-state index < -0.39 is 0 Å². The topological polar surface area (TPSA) is 87.3 Å². The fraction of sp³-hybridized carbons (Fsp3) is 0.435. The third-order valence-corrected chi connectivity index (χ3v) is 5.64. The number of rotatable bonds is 8. The Labute approximate surface area is 201 Å². The first kappa shape index (κ1) is 25.1. The average Bonchev–Trinajstić information content (AvgIpc) is 2.81. The van der Waals surface area contributed by atoms with E-state index in [-0.39, 0.29) is 29.4 Å². The molecule has 2 aromatic carbocycles. The second-order valence-electron chi connectivity index (χ2n) is 7.37. The lowest BCUT2D eigenvalue weighted by Crippen LogP contribution is -2.46. The Bertz CT molecular complexity index is 852. The van der Waals surface area contributed by atoms with Crippen molar-refractivity contribution in [2.24, 2.45) is 10.7 Å². The molecule has 1 fully saturated rings. The van der Waals surface area contributed by atoms with Gasteiger partial charge in [-0.15, -0.1) is 24.0 Å². The molecule has 1 heterocycles. The Morgan fingerprint density at radius 3 is 2.29 bits per heavy atom. The van der Waals surface area contributed by atoms with Gasteiger partial charge in [-0.05, 0) is 48.2 Å². The van der Waals surface area contributed by atoms with Crippen molar-refractivity contribution in [2.75, 3.05) is 41.1 Å². The zero-order valence-electron chi connectivity index (χ0n) is 18.3. The molecule has 170 valence electrons. The maximum absolute atomic E-state index is 6.18. The van der Waals surface area contributed by atoms with Crippen LogP contribution in [0.1, 0.15) is 24.0 Å². The Morgan fingerprint density at radius 1 is 1.00 bits per heavy atom. The van der Waals surface area contributed by atoms with Crippen LogP contribution in [0.4, 0.5) is 0 Å². The third-order valence-electron chi connectivity index (χ3n) is 5.64. The number of guanidine groups is 1. The van der Waals surface area contributed by atoms with Crippen molar-refractivity contribution in [1.82, 2.24) is 5.32 Å². The van der Waals surface area contributed by atoms with E-state index >= 15 is 0 Å². The van der Waals surface area contributed by atoms with Gasteiger partial charge in [-0.3, -0.25) is 0 Å². The molecule has 2 aromatic rings. The van der Waals surface area contributed by atoms with E-state index in [1.807, 2.05) is 30.3 Å². The highest BCUT2D eigenvalue weighted by Gasteiger charge is 2.34. The minimum atomic E-state index is -0.0476. The first-order chi connectivity index (χ1) is 14.6. The number of nitrogens with two attached hydrogens (primary N) is 1. The summed E-state index contributed by atoms with van der Waals surface area (Å²) in [6.07, 6.45) is 1.85. The van der Waals surface area contributed by atoms with E-state index in [1.165, 1.54) is 5.56 Å². The van der Waals surface area contributed by atoms with Gasteiger partial charge in [0, 0.05) is 25.2 Å². The van der Waals surface area contributed by atoms with Gasteiger partial charge in [0.15, 0.2) is 17.5 Å². The van der Waals surface area contributed by atoms with Crippen LogP contribution in [0.2, 0.25) is 0 Å². The molecule has 0 radical (unpaired) electrons. The van der Waals surface area contributed by atoms with E-state index in [0.717, 1.165) is 37.4 Å². The molecule has 0 saturated carbocycles. The molecule has 1 saturated heterocycles. The molecule has 0 aromatic heterocycles. The van der Waals surface area contributed by atoms with Gasteiger partial charge in [0.2, 0.25) is 0 Å². The summed E-state index contributed by atoms with van der Waals surface area (Å²) in [5.41, 5.74) is 8.38. The first-order valence-electron chi connectivity index (χ1n) is 10.1. The van der Waals surface area contributed by atoms with Gasteiger partial charge in [-0.2, -0.15) is 0 Å². The fourth-order valence-corrected chi connectivity index (χ4v) is 3.75. The van der Waals surface area contributed by atoms with Crippen LogP contribution >= 0.6 is 24.0 Å². The molecule has 7 nitrogen and oxygen atoms in total. The van der Waals surface area contributed by atoms with Crippen molar-refractivity contribution in [3.63, 3.8) is 0 Å². The minimum Gasteiger partial charge on any atom is -0.497 e. The summed E-state index contributed by atoms with van der Waals surface area (Å²) in [6, 6.07) is 14.0. The molecule has 31 heavy (non-hydrogen) atoms. The Kier molecular flexibility index (Phi) is 9.70. The van der Waals surface area contributed by atoms with Crippen LogP contribution in [-0.4, -0.2) is 47.0 Å². The molecule has 8 heteroatoms. The standard InChI is InChI=1S/C23H31N3O4.HI/c1-27-19-7-5-18(6-8-19)23(10-12-30-13-11-23)16-26-22(24)25-15-17-4-9-20(28-2)21(14-17)29-3;/h4-9,14H,10-13,15-16H2,1-3H3,(H3,24,25,26);1H. The lowest BCUT2D eigenvalue weighted by atomic mass is 9.74. The van der Waals surface area contributed by atoms with Gasteiger partial charge < -0.3 is 30.0 Å². The first-order valence-corrected chi connectivity index (χ1v) is 10.1. The fourth-order valence-electron chi connectivity index (χ4n) is 3.75. The number of halogens is 1. The van der Waals surface area contributed by atoms with Gasteiger partial charge in [0.25, 0.3) is 0 Å². The smallest absolute Gasteiger partial charge is 0.188 e. The molecule has 0 aliphatic carbocycles. The van der Waals surface area contributed by atoms with Gasteiger partial charge in [-0.1, -0.05) is 18.2 Å². The quantitative estimate of drug-likeness (QED) is 0.303. The van der Waals surface area contributed by atoms with E-state index in [1.54, 1.807) is 21.3 Å². The van der Waals surface area contributed by atoms with Gasteiger partial charge in [-0.25, -0.2) is 4.99 Å². The summed E-state index contributed by atoms with van der Waals surface area (Å²) in [4.78, 5) is 4.50. The SMILES string of the molecule is COc1ccc(C2(CNC(N)=NCc3ccc(OC)c(OC)c3)CCOCC2)cc1.I. The van der Waals surface area contributed by atoms with Crippen LogP contribution in [-0.2, 0) is 16.7 Å². The van der Waals surface area contributed by atoms with E-state index in [9.17, 15) is 0 Å². The molecule has 3 rings (SSSR count). The zero-order valence-corrected chi connectivity index (χ0v) is 20.7. The number of nitrogens with zero attached hydrogens (tertiary/aromatic N) is 1. The van der Waals surface area contributed by atoms with Crippen LogP contribution in [0.15, 0.2) is 47.5 Å². The van der Waals surface area contributed by atoms with Crippen molar-refractivity contribution in [1.29, 1.82) is 0 Å². The number of hydrogen-bond donors (Lipinski definition) is 2. The van der Waals surface area contributed by atoms with Crippen LogP contribution in [0.5, 0.6) is 17.2 Å². The second kappa shape index (κ2) is 12.0. The van der Waals surface area contributed by atoms with E-state index in [4.69, 9.17) is 24.7 Å². The largest absolute Gasteiger partial charge is 0.497 e. The molecular formula is C23H32IN3O4. The monoisotopic (exact) mass is 541 g/mol. The lowest BCUT2D eigenvalue weighted by Gasteiger charge is -2.38. The Balaban J connectivity index is 0.00000341. The number of hydrogen-bond acceptors (Lipinski definition) is 5. The molecule has 0 bridgehead atoms. The zero-order chi connectivity index (χ0) is 21.4. The summed E-state index contributed by atoms with van der Waals surface area (Å²) in [5.74, 6) is 2.64. The highest BCUT2D eigenvalue weighted by Crippen LogP contribution is 2.35. The summed E-state index contributed by atoms with van der Waals surface area (Å²) in [6.45, 7) is 2.62.